The summed E-state index contributed by atoms with van der Waals surface area (Å²) in [6, 6.07) is 0. The summed E-state index contributed by atoms with van der Waals surface area (Å²) in [5, 5.41) is 0.210. The van der Waals surface area contributed by atoms with E-state index in [-0.39, 0.29) is 5.03 Å². The zero-order valence-corrected chi connectivity index (χ0v) is 10.1. The number of fused-ring (bicyclic) bond motifs is 1. The summed E-state index contributed by atoms with van der Waals surface area (Å²) >= 11 is 0. The largest absolute Gasteiger partial charge is 0.318 e. The minimum Gasteiger partial charge on any atom is -0.318 e. The minimum atomic E-state index is -3.67. The van der Waals surface area contributed by atoms with Crippen LogP contribution in [0.4, 0.5) is 0 Å². The predicted octanol–water partition coefficient (Wildman–Crippen LogP) is 1.71. The highest BCUT2D eigenvalue weighted by atomic mass is 35.7. The normalized spacial score (nSPS) is 16.4. The van der Waals surface area contributed by atoms with Gasteiger partial charge in [0.05, 0.1) is 5.69 Å². The first-order chi connectivity index (χ1) is 7.04. The Bertz CT molecular complexity index is 479. The van der Waals surface area contributed by atoms with Crippen LogP contribution in [0.25, 0.3) is 0 Å². The quantitative estimate of drug-likeness (QED) is 0.749. The van der Waals surface area contributed by atoms with Crippen molar-refractivity contribution in [1.82, 2.24) is 9.55 Å². The van der Waals surface area contributed by atoms with E-state index < -0.39 is 9.05 Å². The van der Waals surface area contributed by atoms with E-state index in [1.807, 2.05) is 6.92 Å². The smallest absolute Gasteiger partial charge is 0.278 e. The van der Waals surface area contributed by atoms with Crippen LogP contribution in [0.5, 0.6) is 0 Å². The van der Waals surface area contributed by atoms with Gasteiger partial charge in [-0.05, 0) is 19.3 Å². The molecule has 0 aliphatic carbocycles. The number of halogens is 1. The lowest BCUT2D eigenvalue weighted by Crippen LogP contribution is -2.14. The van der Waals surface area contributed by atoms with Crippen LogP contribution >= 0.6 is 10.7 Å². The van der Waals surface area contributed by atoms with E-state index in [1.54, 1.807) is 4.57 Å². The first-order valence-electron chi connectivity index (χ1n) is 5.07. The molecule has 0 saturated heterocycles. The third kappa shape index (κ3) is 1.90. The van der Waals surface area contributed by atoms with Crippen molar-refractivity contribution in [2.45, 2.75) is 44.2 Å². The topological polar surface area (TPSA) is 52.0 Å². The first-order valence-corrected chi connectivity index (χ1v) is 7.38. The van der Waals surface area contributed by atoms with Crippen molar-refractivity contribution in [2.24, 2.45) is 0 Å². The standard InChI is InChI=1S/C9H13ClN2O2S/c1-2-7-9(15(10,13)14)12-6-4-3-5-8(12)11-7/h2-6H2,1H3. The highest BCUT2D eigenvalue weighted by Crippen LogP contribution is 2.26. The lowest BCUT2D eigenvalue weighted by molar-refractivity contribution is 0.489. The maximum absolute atomic E-state index is 11.5. The summed E-state index contributed by atoms with van der Waals surface area (Å²) in [5.74, 6) is 0.859. The Morgan fingerprint density at radius 1 is 1.47 bits per heavy atom. The first kappa shape index (κ1) is 11.0. The Labute approximate surface area is 93.7 Å². The molecule has 15 heavy (non-hydrogen) atoms. The van der Waals surface area contributed by atoms with Crippen molar-refractivity contribution in [2.75, 3.05) is 0 Å². The highest BCUT2D eigenvalue weighted by Gasteiger charge is 2.26. The van der Waals surface area contributed by atoms with Crippen molar-refractivity contribution in [3.63, 3.8) is 0 Å². The molecule has 1 aliphatic rings. The van der Waals surface area contributed by atoms with Gasteiger partial charge in [-0.3, -0.25) is 0 Å². The van der Waals surface area contributed by atoms with Gasteiger partial charge in [-0.15, -0.1) is 0 Å². The summed E-state index contributed by atoms with van der Waals surface area (Å²) in [6.07, 6.45) is 3.51. The Hall–Kier alpha value is -0.550. The Morgan fingerprint density at radius 2 is 2.20 bits per heavy atom. The number of rotatable bonds is 2. The zero-order chi connectivity index (χ0) is 11.1. The molecule has 0 amide bonds. The van der Waals surface area contributed by atoms with Gasteiger partial charge in [0.1, 0.15) is 5.82 Å². The van der Waals surface area contributed by atoms with Gasteiger partial charge in [0.25, 0.3) is 9.05 Å². The predicted molar refractivity (Wildman–Crippen MR) is 57.6 cm³/mol. The van der Waals surface area contributed by atoms with Crippen LogP contribution in [0.15, 0.2) is 5.03 Å². The van der Waals surface area contributed by atoms with E-state index in [9.17, 15) is 8.42 Å². The molecule has 0 fully saturated rings. The fourth-order valence-electron chi connectivity index (χ4n) is 2.01. The van der Waals surface area contributed by atoms with E-state index >= 15 is 0 Å². The Balaban J connectivity index is 2.65. The molecule has 0 unspecified atom stereocenters. The molecular formula is C9H13ClN2O2S. The van der Waals surface area contributed by atoms with Gasteiger partial charge in [-0.2, -0.15) is 0 Å². The van der Waals surface area contributed by atoms with Gasteiger partial charge in [0, 0.05) is 23.6 Å². The summed E-state index contributed by atoms with van der Waals surface area (Å²) in [4.78, 5) is 4.34. The van der Waals surface area contributed by atoms with Crippen molar-refractivity contribution >= 4 is 19.7 Å². The van der Waals surface area contributed by atoms with Gasteiger partial charge in [-0.25, -0.2) is 13.4 Å². The van der Waals surface area contributed by atoms with E-state index in [0.29, 0.717) is 18.7 Å². The number of nitrogens with zero attached hydrogens (tertiary/aromatic N) is 2. The maximum atomic E-state index is 11.5. The molecular weight excluding hydrogens is 236 g/mol. The number of aromatic nitrogens is 2. The summed E-state index contributed by atoms with van der Waals surface area (Å²) in [5.41, 5.74) is 0.599. The summed E-state index contributed by atoms with van der Waals surface area (Å²) in [6.45, 7) is 2.60. The molecule has 2 heterocycles. The van der Waals surface area contributed by atoms with Gasteiger partial charge >= 0.3 is 0 Å². The van der Waals surface area contributed by atoms with Crippen LogP contribution in [-0.4, -0.2) is 18.0 Å². The molecule has 1 aliphatic heterocycles. The second-order valence-corrected chi connectivity index (χ2v) is 6.16. The van der Waals surface area contributed by atoms with Crippen LogP contribution in [0, 0.1) is 0 Å². The molecule has 0 saturated carbocycles. The fraction of sp³-hybridized carbons (Fsp3) is 0.667. The minimum absolute atomic E-state index is 0.210. The third-order valence-electron chi connectivity index (χ3n) is 2.67. The van der Waals surface area contributed by atoms with Crippen molar-refractivity contribution in [3.05, 3.63) is 11.5 Å². The molecule has 6 heteroatoms. The van der Waals surface area contributed by atoms with Gasteiger partial charge in [-0.1, -0.05) is 6.92 Å². The van der Waals surface area contributed by atoms with Crippen LogP contribution in [0.3, 0.4) is 0 Å². The summed E-state index contributed by atoms with van der Waals surface area (Å²) in [7, 11) is 1.76. The molecule has 84 valence electrons. The molecule has 0 atom stereocenters. The second-order valence-electron chi connectivity index (χ2n) is 3.68. The highest BCUT2D eigenvalue weighted by molar-refractivity contribution is 8.13. The zero-order valence-electron chi connectivity index (χ0n) is 8.53. The van der Waals surface area contributed by atoms with Crippen molar-refractivity contribution in [1.29, 1.82) is 0 Å². The van der Waals surface area contributed by atoms with E-state index in [4.69, 9.17) is 10.7 Å². The molecule has 4 nitrogen and oxygen atoms in total. The molecule has 0 radical (unpaired) electrons. The molecule has 0 bridgehead atoms. The Kier molecular flexibility index (Phi) is 2.77. The number of hydrogen-bond acceptors (Lipinski definition) is 3. The van der Waals surface area contributed by atoms with Crippen LogP contribution < -0.4 is 0 Å². The van der Waals surface area contributed by atoms with E-state index in [0.717, 1.165) is 25.1 Å². The lowest BCUT2D eigenvalue weighted by atomic mass is 10.2. The van der Waals surface area contributed by atoms with Gasteiger partial charge < -0.3 is 4.57 Å². The number of aryl methyl sites for hydroxylation is 2. The molecule has 0 aromatic carbocycles. The van der Waals surface area contributed by atoms with Gasteiger partial charge in [0.15, 0.2) is 5.03 Å². The van der Waals surface area contributed by atoms with Gasteiger partial charge in [0.2, 0.25) is 0 Å². The second kappa shape index (κ2) is 3.79. The molecule has 0 spiro atoms. The van der Waals surface area contributed by atoms with E-state index in [1.165, 1.54) is 0 Å². The lowest BCUT2D eigenvalue weighted by Gasteiger charge is -2.14. The fourth-order valence-corrected chi connectivity index (χ4v) is 3.46. The van der Waals surface area contributed by atoms with Crippen LogP contribution in [0.1, 0.15) is 31.3 Å². The monoisotopic (exact) mass is 248 g/mol. The average Bonchev–Trinajstić information content (AvgIpc) is 2.54. The SMILES string of the molecule is CCc1nc2n(c1S(=O)(=O)Cl)CCCC2. The van der Waals surface area contributed by atoms with Crippen molar-refractivity contribution < 1.29 is 8.42 Å². The van der Waals surface area contributed by atoms with Crippen LogP contribution in [0.2, 0.25) is 0 Å². The van der Waals surface area contributed by atoms with Crippen LogP contribution in [-0.2, 0) is 28.4 Å². The molecule has 1 aromatic heterocycles. The Morgan fingerprint density at radius 3 is 2.80 bits per heavy atom. The average molecular weight is 249 g/mol. The van der Waals surface area contributed by atoms with E-state index in [2.05, 4.69) is 4.98 Å². The summed E-state index contributed by atoms with van der Waals surface area (Å²) < 4.78 is 24.7. The molecule has 2 rings (SSSR count). The number of imidazole rings is 1. The molecule has 0 N–H and O–H groups in total. The maximum Gasteiger partial charge on any atom is 0.278 e. The molecule has 1 aromatic rings. The van der Waals surface area contributed by atoms with Crippen molar-refractivity contribution in [3.8, 4) is 0 Å². The third-order valence-corrected chi connectivity index (χ3v) is 4.02. The number of hydrogen-bond donors (Lipinski definition) is 0.